The molecule has 1 N–H and O–H groups in total. The van der Waals surface area contributed by atoms with Gasteiger partial charge in [0.05, 0.1) is 7.11 Å². The van der Waals surface area contributed by atoms with E-state index in [0.29, 0.717) is 36.2 Å². The van der Waals surface area contributed by atoms with E-state index >= 15 is 0 Å². The summed E-state index contributed by atoms with van der Waals surface area (Å²) in [6, 6.07) is 4.56. The summed E-state index contributed by atoms with van der Waals surface area (Å²) in [6.07, 6.45) is 7.54. The van der Waals surface area contributed by atoms with Gasteiger partial charge in [0.15, 0.2) is 5.60 Å². The highest BCUT2D eigenvalue weighted by atomic mass is 19.1. The van der Waals surface area contributed by atoms with E-state index in [-0.39, 0.29) is 18.3 Å². The number of carbonyl (C=O) groups excluding carboxylic acids is 1. The second-order valence-electron chi connectivity index (χ2n) is 8.99. The van der Waals surface area contributed by atoms with E-state index < -0.39 is 5.60 Å². The molecule has 5 nitrogen and oxygen atoms in total. The second kappa shape index (κ2) is 7.64. The van der Waals surface area contributed by atoms with Crippen molar-refractivity contribution in [1.29, 1.82) is 0 Å². The first-order valence-corrected chi connectivity index (χ1v) is 10.5. The number of benzene rings is 1. The lowest BCUT2D eigenvalue weighted by atomic mass is 9.85. The van der Waals surface area contributed by atoms with Gasteiger partial charge >= 0.3 is 0 Å². The first kappa shape index (κ1) is 19.6. The number of hydrogen-bond acceptors (Lipinski definition) is 4. The number of piperidine rings is 1. The normalized spacial score (nSPS) is 27.7. The molecule has 2 aliphatic heterocycles. The van der Waals surface area contributed by atoms with Crippen LogP contribution >= 0.6 is 0 Å². The predicted molar refractivity (Wildman–Crippen MR) is 105 cm³/mol. The predicted octanol–water partition coefficient (Wildman–Crippen LogP) is 2.95. The minimum absolute atomic E-state index is 0.161. The van der Waals surface area contributed by atoms with Crippen molar-refractivity contribution in [2.75, 3.05) is 33.3 Å². The van der Waals surface area contributed by atoms with Gasteiger partial charge in [0.2, 0.25) is 0 Å². The molecular weight excluding hydrogens is 359 g/mol. The van der Waals surface area contributed by atoms with Crippen LogP contribution in [0.5, 0.6) is 5.75 Å². The van der Waals surface area contributed by atoms with E-state index in [1.165, 1.54) is 45.3 Å². The van der Waals surface area contributed by atoms with E-state index in [9.17, 15) is 14.3 Å². The SMILES string of the molecule is COc1ccc(F)c(CN2CCC[C@@](O)(CN3CCC4(CCCC4)C3)C2=O)c1. The molecular formula is C22H31FN2O3. The van der Waals surface area contributed by atoms with Crippen molar-refractivity contribution in [2.24, 2.45) is 5.41 Å². The van der Waals surface area contributed by atoms with Crippen molar-refractivity contribution in [3.8, 4) is 5.75 Å². The monoisotopic (exact) mass is 390 g/mol. The summed E-state index contributed by atoms with van der Waals surface area (Å²) in [7, 11) is 1.54. The zero-order chi connectivity index (χ0) is 19.8. The molecule has 1 spiro atoms. The quantitative estimate of drug-likeness (QED) is 0.840. The van der Waals surface area contributed by atoms with Crippen LogP contribution in [0.15, 0.2) is 18.2 Å². The molecule has 3 aliphatic rings. The van der Waals surface area contributed by atoms with Crippen molar-refractivity contribution in [3.63, 3.8) is 0 Å². The van der Waals surface area contributed by atoms with Gasteiger partial charge in [-0.1, -0.05) is 12.8 Å². The van der Waals surface area contributed by atoms with Gasteiger partial charge in [-0.3, -0.25) is 9.69 Å². The number of ether oxygens (including phenoxy) is 1. The van der Waals surface area contributed by atoms with Crippen molar-refractivity contribution >= 4 is 5.91 Å². The summed E-state index contributed by atoms with van der Waals surface area (Å²) in [5, 5.41) is 11.2. The number of β-amino-alcohol motifs (C(OH)–C–C–N with tert-alkyl or cyclic N) is 1. The van der Waals surface area contributed by atoms with Gasteiger partial charge in [0.1, 0.15) is 11.6 Å². The van der Waals surface area contributed by atoms with Crippen LogP contribution in [0.2, 0.25) is 0 Å². The fraction of sp³-hybridized carbons (Fsp3) is 0.682. The lowest BCUT2D eigenvalue weighted by molar-refractivity contribution is -0.160. The molecule has 1 amide bonds. The summed E-state index contributed by atoms with van der Waals surface area (Å²) in [6.45, 7) is 3.05. The van der Waals surface area contributed by atoms with E-state index in [0.717, 1.165) is 19.5 Å². The maximum atomic E-state index is 14.2. The van der Waals surface area contributed by atoms with Crippen LogP contribution in [0.3, 0.4) is 0 Å². The molecule has 1 atom stereocenters. The van der Waals surface area contributed by atoms with Crippen LogP contribution in [-0.2, 0) is 11.3 Å². The van der Waals surface area contributed by atoms with Crippen LogP contribution in [-0.4, -0.2) is 59.7 Å². The molecule has 154 valence electrons. The average molecular weight is 390 g/mol. The highest BCUT2D eigenvalue weighted by molar-refractivity contribution is 5.86. The first-order valence-electron chi connectivity index (χ1n) is 10.5. The number of rotatable bonds is 5. The summed E-state index contributed by atoms with van der Waals surface area (Å²) < 4.78 is 19.4. The molecule has 0 radical (unpaired) electrons. The summed E-state index contributed by atoms with van der Waals surface area (Å²) >= 11 is 0. The molecule has 0 aromatic heterocycles. The number of methoxy groups -OCH3 is 1. The van der Waals surface area contributed by atoms with Crippen LogP contribution in [0.1, 0.15) is 50.5 Å². The Morgan fingerprint density at radius 3 is 2.68 bits per heavy atom. The van der Waals surface area contributed by atoms with Gasteiger partial charge in [0, 0.05) is 31.7 Å². The topological polar surface area (TPSA) is 53.0 Å². The molecule has 0 bridgehead atoms. The third kappa shape index (κ3) is 3.77. The molecule has 1 aromatic rings. The molecule has 6 heteroatoms. The lowest BCUT2D eigenvalue weighted by Crippen LogP contribution is -2.58. The second-order valence-corrected chi connectivity index (χ2v) is 8.99. The zero-order valence-electron chi connectivity index (χ0n) is 16.8. The van der Waals surface area contributed by atoms with E-state index in [1.807, 2.05) is 0 Å². The lowest BCUT2D eigenvalue weighted by Gasteiger charge is -2.40. The number of aliphatic hydroxyl groups is 1. The van der Waals surface area contributed by atoms with E-state index in [4.69, 9.17) is 4.74 Å². The van der Waals surface area contributed by atoms with Crippen LogP contribution in [0, 0.1) is 11.2 Å². The summed E-state index contributed by atoms with van der Waals surface area (Å²) in [5.41, 5.74) is -0.530. The van der Waals surface area contributed by atoms with Gasteiger partial charge in [-0.05, 0) is 62.3 Å². The molecule has 4 rings (SSSR count). The Kier molecular flexibility index (Phi) is 5.36. The number of hydrogen-bond donors (Lipinski definition) is 1. The third-order valence-corrected chi connectivity index (χ3v) is 6.98. The molecule has 1 aliphatic carbocycles. The van der Waals surface area contributed by atoms with Crippen molar-refractivity contribution < 1.29 is 19.0 Å². The highest BCUT2D eigenvalue weighted by Gasteiger charge is 2.47. The van der Waals surface area contributed by atoms with Crippen LogP contribution < -0.4 is 4.74 Å². The third-order valence-electron chi connectivity index (χ3n) is 6.98. The maximum Gasteiger partial charge on any atom is 0.256 e. The van der Waals surface area contributed by atoms with E-state index in [1.54, 1.807) is 17.0 Å². The Hall–Kier alpha value is -1.66. The number of amides is 1. The minimum Gasteiger partial charge on any atom is -0.497 e. The van der Waals surface area contributed by atoms with Gasteiger partial charge in [-0.2, -0.15) is 0 Å². The Morgan fingerprint density at radius 1 is 1.14 bits per heavy atom. The standard InChI is InChI=1S/C22H31FN2O3/c1-28-18-5-6-19(23)17(13-18)14-25-11-4-9-22(27,20(25)26)16-24-12-10-21(15-24)7-2-3-8-21/h5-6,13,27H,2-4,7-12,14-16H2,1H3/t22-/m1/s1. The number of nitrogens with zero attached hydrogens (tertiary/aromatic N) is 2. The van der Waals surface area contributed by atoms with Gasteiger partial charge in [0.25, 0.3) is 5.91 Å². The summed E-state index contributed by atoms with van der Waals surface area (Å²) in [4.78, 5) is 17.0. The maximum absolute atomic E-state index is 14.2. The molecule has 0 unspecified atom stereocenters. The number of likely N-dealkylation sites (tertiary alicyclic amines) is 2. The molecule has 2 heterocycles. The van der Waals surface area contributed by atoms with Gasteiger partial charge < -0.3 is 14.7 Å². The van der Waals surface area contributed by atoms with Gasteiger partial charge in [-0.25, -0.2) is 4.39 Å². The van der Waals surface area contributed by atoms with Crippen molar-refractivity contribution in [3.05, 3.63) is 29.6 Å². The average Bonchev–Trinajstić information content (AvgIpc) is 3.30. The largest absolute Gasteiger partial charge is 0.497 e. The Balaban J connectivity index is 1.44. The zero-order valence-corrected chi connectivity index (χ0v) is 16.8. The smallest absolute Gasteiger partial charge is 0.256 e. The summed E-state index contributed by atoms with van der Waals surface area (Å²) in [5.74, 6) is -0.0613. The fourth-order valence-corrected chi connectivity index (χ4v) is 5.43. The van der Waals surface area contributed by atoms with Crippen molar-refractivity contribution in [2.45, 2.75) is 57.1 Å². The number of carbonyl (C=O) groups is 1. The minimum atomic E-state index is -1.36. The molecule has 1 saturated carbocycles. The first-order chi connectivity index (χ1) is 13.4. The van der Waals surface area contributed by atoms with Gasteiger partial charge in [-0.15, -0.1) is 0 Å². The van der Waals surface area contributed by atoms with Crippen LogP contribution in [0.25, 0.3) is 0 Å². The number of halogens is 1. The fourth-order valence-electron chi connectivity index (χ4n) is 5.43. The molecule has 3 fully saturated rings. The van der Waals surface area contributed by atoms with E-state index in [2.05, 4.69) is 4.90 Å². The Labute approximate surface area is 166 Å². The Morgan fingerprint density at radius 2 is 1.93 bits per heavy atom. The highest BCUT2D eigenvalue weighted by Crippen LogP contribution is 2.45. The molecule has 1 aromatic carbocycles. The van der Waals surface area contributed by atoms with Crippen LogP contribution in [0.4, 0.5) is 4.39 Å². The molecule has 2 saturated heterocycles. The molecule has 28 heavy (non-hydrogen) atoms. The Bertz CT molecular complexity index is 734. The van der Waals surface area contributed by atoms with Crippen molar-refractivity contribution in [1.82, 2.24) is 9.80 Å².